The van der Waals surface area contributed by atoms with Gasteiger partial charge in [0.25, 0.3) is 0 Å². The van der Waals surface area contributed by atoms with Crippen LogP contribution < -0.4 is 0 Å². The lowest BCUT2D eigenvalue weighted by Gasteiger charge is -2.34. The Morgan fingerprint density at radius 2 is 2.29 bits per heavy atom. The summed E-state index contributed by atoms with van der Waals surface area (Å²) >= 11 is 5.76. The van der Waals surface area contributed by atoms with E-state index in [9.17, 15) is 4.79 Å². The number of rotatable bonds is 4. The maximum Gasteiger partial charge on any atom is 0.238 e. The van der Waals surface area contributed by atoms with Gasteiger partial charge in [0, 0.05) is 17.6 Å². The van der Waals surface area contributed by atoms with Crippen LogP contribution in [0.1, 0.15) is 44.9 Å². The van der Waals surface area contributed by atoms with Crippen LogP contribution in [-0.4, -0.2) is 41.1 Å². The SMILES string of the molecule is CC(C)(C)c1nocc1CN(C(=O)CCl)C1CCCOC1. The predicted octanol–water partition coefficient (Wildman–Crippen LogP) is 2.72. The number of hydrogen-bond donors (Lipinski definition) is 0. The van der Waals surface area contributed by atoms with E-state index in [1.807, 2.05) is 0 Å². The van der Waals surface area contributed by atoms with Crippen LogP contribution in [0.25, 0.3) is 0 Å². The molecule has 1 fully saturated rings. The van der Waals surface area contributed by atoms with Crippen LogP contribution in [-0.2, 0) is 21.5 Å². The average molecular weight is 315 g/mol. The summed E-state index contributed by atoms with van der Waals surface area (Å²) in [5, 5.41) is 4.09. The lowest BCUT2D eigenvalue weighted by atomic mass is 9.89. The third-order valence-corrected chi connectivity index (χ3v) is 3.93. The quantitative estimate of drug-likeness (QED) is 0.802. The highest BCUT2D eigenvalue weighted by Crippen LogP contribution is 2.26. The molecule has 0 bridgehead atoms. The van der Waals surface area contributed by atoms with Gasteiger partial charge in [0.15, 0.2) is 0 Å². The zero-order valence-corrected chi connectivity index (χ0v) is 13.7. The van der Waals surface area contributed by atoms with E-state index >= 15 is 0 Å². The minimum atomic E-state index is -0.124. The average Bonchev–Trinajstić information content (AvgIpc) is 2.93. The van der Waals surface area contributed by atoms with Crippen molar-refractivity contribution in [3.8, 4) is 0 Å². The summed E-state index contributed by atoms with van der Waals surface area (Å²) in [7, 11) is 0. The fraction of sp³-hybridized carbons (Fsp3) is 0.733. The minimum Gasteiger partial charge on any atom is -0.379 e. The van der Waals surface area contributed by atoms with Gasteiger partial charge in [-0.1, -0.05) is 25.9 Å². The van der Waals surface area contributed by atoms with Crippen LogP contribution in [0, 0.1) is 0 Å². The number of ether oxygens (including phenoxy) is 1. The summed E-state index contributed by atoms with van der Waals surface area (Å²) < 4.78 is 10.6. The van der Waals surface area contributed by atoms with Crippen molar-refractivity contribution in [1.82, 2.24) is 10.1 Å². The molecule has 6 heteroatoms. The molecular weight excluding hydrogens is 292 g/mol. The van der Waals surface area contributed by atoms with Crippen molar-refractivity contribution in [1.29, 1.82) is 0 Å². The fourth-order valence-corrected chi connectivity index (χ4v) is 2.79. The van der Waals surface area contributed by atoms with Gasteiger partial charge in [-0.2, -0.15) is 0 Å². The molecule has 0 spiro atoms. The molecule has 1 amide bonds. The predicted molar refractivity (Wildman–Crippen MR) is 80.3 cm³/mol. The summed E-state index contributed by atoms with van der Waals surface area (Å²) in [5.41, 5.74) is 1.69. The molecule has 0 saturated carbocycles. The number of carbonyl (C=O) groups excluding carboxylic acids is 1. The molecular formula is C15H23ClN2O3. The van der Waals surface area contributed by atoms with Gasteiger partial charge in [0.2, 0.25) is 5.91 Å². The smallest absolute Gasteiger partial charge is 0.238 e. The number of alkyl halides is 1. The number of aromatic nitrogens is 1. The molecule has 1 aliphatic rings. The summed E-state index contributed by atoms with van der Waals surface area (Å²) in [6.45, 7) is 8.03. The molecule has 1 aromatic rings. The summed E-state index contributed by atoms with van der Waals surface area (Å²) in [6.07, 6.45) is 3.53. The minimum absolute atomic E-state index is 0.0212. The molecule has 21 heavy (non-hydrogen) atoms. The molecule has 1 atom stereocenters. The first-order valence-corrected chi connectivity index (χ1v) is 7.84. The zero-order valence-electron chi connectivity index (χ0n) is 12.9. The van der Waals surface area contributed by atoms with Gasteiger partial charge in [-0.3, -0.25) is 4.79 Å². The summed E-state index contributed by atoms with van der Waals surface area (Å²) in [6, 6.07) is 0.0766. The van der Waals surface area contributed by atoms with Gasteiger partial charge >= 0.3 is 0 Å². The lowest BCUT2D eigenvalue weighted by Crippen LogP contribution is -2.45. The highest BCUT2D eigenvalue weighted by Gasteiger charge is 2.29. The van der Waals surface area contributed by atoms with Crippen LogP contribution in [0.3, 0.4) is 0 Å². The van der Waals surface area contributed by atoms with Gasteiger partial charge in [-0.25, -0.2) is 0 Å². The Hall–Kier alpha value is -1.07. The van der Waals surface area contributed by atoms with Crippen LogP contribution >= 0.6 is 11.6 Å². The third kappa shape index (κ3) is 3.98. The Balaban J connectivity index is 2.19. The lowest BCUT2D eigenvalue weighted by molar-refractivity contribution is -0.134. The molecule has 1 aromatic heterocycles. The van der Waals surface area contributed by atoms with Crippen LogP contribution in [0.2, 0.25) is 0 Å². The second-order valence-electron chi connectivity index (χ2n) is 6.46. The molecule has 5 nitrogen and oxygen atoms in total. The fourth-order valence-electron chi connectivity index (χ4n) is 2.64. The third-order valence-electron chi connectivity index (χ3n) is 3.71. The van der Waals surface area contributed by atoms with Gasteiger partial charge in [-0.15, -0.1) is 11.6 Å². The molecule has 0 aliphatic carbocycles. The number of amides is 1. The summed E-state index contributed by atoms with van der Waals surface area (Å²) in [4.78, 5) is 14.0. The maximum atomic E-state index is 12.2. The Kier molecular flexibility index (Phi) is 5.27. The first-order valence-electron chi connectivity index (χ1n) is 7.30. The zero-order chi connectivity index (χ0) is 15.5. The molecule has 1 saturated heterocycles. The molecule has 0 aromatic carbocycles. The van der Waals surface area contributed by atoms with E-state index < -0.39 is 0 Å². The number of nitrogens with zero attached hydrogens (tertiary/aromatic N) is 2. The Morgan fingerprint density at radius 3 is 2.86 bits per heavy atom. The molecule has 0 radical (unpaired) electrons. The van der Waals surface area contributed by atoms with Crippen molar-refractivity contribution in [2.75, 3.05) is 19.1 Å². The van der Waals surface area contributed by atoms with Crippen molar-refractivity contribution in [2.24, 2.45) is 0 Å². The van der Waals surface area contributed by atoms with Crippen molar-refractivity contribution >= 4 is 17.5 Å². The molecule has 2 rings (SSSR count). The van der Waals surface area contributed by atoms with E-state index in [1.165, 1.54) is 0 Å². The molecule has 1 unspecified atom stereocenters. The molecule has 1 aliphatic heterocycles. The first-order chi connectivity index (χ1) is 9.93. The van der Waals surface area contributed by atoms with E-state index in [2.05, 4.69) is 25.9 Å². The second kappa shape index (κ2) is 6.79. The standard InChI is InChI=1S/C15H23ClN2O3/c1-15(2,3)14-11(9-21-17-14)8-18(13(19)7-16)12-5-4-6-20-10-12/h9,12H,4-8,10H2,1-3H3. The van der Waals surface area contributed by atoms with Crippen molar-refractivity contribution < 1.29 is 14.1 Å². The Bertz CT molecular complexity index is 476. The van der Waals surface area contributed by atoms with Crippen LogP contribution in [0.5, 0.6) is 0 Å². The maximum absolute atomic E-state index is 12.2. The largest absolute Gasteiger partial charge is 0.379 e. The summed E-state index contributed by atoms with van der Waals surface area (Å²) in [5.74, 6) is -0.0969. The topological polar surface area (TPSA) is 55.6 Å². The van der Waals surface area contributed by atoms with Crippen molar-refractivity contribution in [3.05, 3.63) is 17.5 Å². The van der Waals surface area contributed by atoms with Crippen molar-refractivity contribution in [2.45, 2.75) is 51.6 Å². The van der Waals surface area contributed by atoms with Crippen LogP contribution in [0.15, 0.2) is 10.8 Å². The normalized spacial score (nSPS) is 19.5. The highest BCUT2D eigenvalue weighted by atomic mass is 35.5. The van der Waals surface area contributed by atoms with E-state index in [1.54, 1.807) is 11.2 Å². The van der Waals surface area contributed by atoms with Gasteiger partial charge in [0.05, 0.1) is 24.9 Å². The van der Waals surface area contributed by atoms with Crippen molar-refractivity contribution in [3.63, 3.8) is 0 Å². The monoisotopic (exact) mass is 314 g/mol. The molecule has 0 N–H and O–H groups in total. The first kappa shape index (κ1) is 16.3. The number of halogens is 1. The van der Waals surface area contributed by atoms with E-state index in [4.69, 9.17) is 20.9 Å². The Labute approximate surface area is 130 Å². The van der Waals surface area contributed by atoms with Gasteiger partial charge in [0.1, 0.15) is 12.1 Å². The van der Waals surface area contributed by atoms with Crippen LogP contribution in [0.4, 0.5) is 0 Å². The van der Waals surface area contributed by atoms with E-state index in [0.29, 0.717) is 13.2 Å². The molecule has 118 valence electrons. The van der Waals surface area contributed by atoms with Gasteiger partial charge in [-0.05, 0) is 12.8 Å². The highest BCUT2D eigenvalue weighted by molar-refractivity contribution is 6.27. The van der Waals surface area contributed by atoms with Gasteiger partial charge < -0.3 is 14.2 Å². The van der Waals surface area contributed by atoms with E-state index in [0.717, 1.165) is 30.7 Å². The number of hydrogen-bond acceptors (Lipinski definition) is 4. The van der Waals surface area contributed by atoms with E-state index in [-0.39, 0.29) is 23.2 Å². The second-order valence-corrected chi connectivity index (χ2v) is 6.73. The molecule has 2 heterocycles. The Morgan fingerprint density at radius 1 is 1.52 bits per heavy atom. The number of carbonyl (C=O) groups is 1.